The first kappa shape index (κ1) is 48.4. The molecule has 0 spiro atoms. The van der Waals surface area contributed by atoms with Crippen LogP contribution in [0.4, 0.5) is 0 Å². The van der Waals surface area contributed by atoms with Gasteiger partial charge in [-0.15, -0.1) is 0 Å². The fourth-order valence-electron chi connectivity index (χ4n) is 5.69. The first-order valence-corrected chi connectivity index (χ1v) is 20.4. The van der Waals surface area contributed by atoms with E-state index in [1.807, 2.05) is 6.08 Å². The van der Waals surface area contributed by atoms with Crippen molar-refractivity contribution in [3.63, 3.8) is 0 Å². The Bertz CT molecular complexity index is 1050. The van der Waals surface area contributed by atoms with Crippen molar-refractivity contribution in [2.75, 3.05) is 19.8 Å². The van der Waals surface area contributed by atoms with Crippen LogP contribution in [0.1, 0.15) is 142 Å². The molecule has 1 aliphatic rings. The molecule has 0 amide bonds. The molecule has 0 aliphatic carbocycles. The second-order valence-corrected chi connectivity index (χ2v) is 13.7. The molecule has 0 radical (unpaired) electrons. The van der Waals surface area contributed by atoms with E-state index in [0.717, 1.165) is 57.8 Å². The summed E-state index contributed by atoms with van der Waals surface area (Å²) in [5.41, 5.74) is 0. The lowest BCUT2D eigenvalue weighted by Gasteiger charge is -2.39. The molecule has 53 heavy (non-hydrogen) atoms. The maximum absolute atomic E-state index is 12.7. The highest BCUT2D eigenvalue weighted by atomic mass is 16.7. The standard InChI is InChI=1S/C43H72O10/c1-3-5-7-9-11-13-15-16-17-18-19-20-22-23-25-27-29-31-38(45)50-34-36(35-51-43-42(49)41(48)40(47)37(33-44)53-43)52-39(46)32-30-28-26-24-21-14-12-10-8-6-4-2/h5,7,11,13,16-17,19-20,23,25,36-37,40-44,47-49H,3-4,6,8-10,12,14-15,18,21-22,24,26-35H2,1-2H3/b7-5+,13-11+,17-16+,20-19+,25-23+/t36-,37-,40+,41?,42?,43-/m0/s1. The molecule has 1 heterocycles. The lowest BCUT2D eigenvalue weighted by atomic mass is 9.99. The van der Waals surface area contributed by atoms with E-state index in [-0.39, 0.29) is 26.1 Å². The summed E-state index contributed by atoms with van der Waals surface area (Å²) in [6, 6.07) is 0. The van der Waals surface area contributed by atoms with Gasteiger partial charge in [-0.25, -0.2) is 0 Å². The fraction of sp³-hybridized carbons (Fsp3) is 0.721. The van der Waals surface area contributed by atoms with Gasteiger partial charge >= 0.3 is 11.9 Å². The largest absolute Gasteiger partial charge is 0.462 e. The van der Waals surface area contributed by atoms with Crippen molar-refractivity contribution in [3.05, 3.63) is 60.8 Å². The number of ether oxygens (including phenoxy) is 4. The number of allylic oxidation sites excluding steroid dienone is 10. The maximum Gasteiger partial charge on any atom is 0.306 e. The first-order valence-electron chi connectivity index (χ1n) is 20.4. The predicted octanol–water partition coefficient (Wildman–Crippen LogP) is 7.88. The van der Waals surface area contributed by atoms with Crippen molar-refractivity contribution < 1.29 is 49.0 Å². The van der Waals surface area contributed by atoms with Crippen molar-refractivity contribution in [3.8, 4) is 0 Å². The van der Waals surface area contributed by atoms with Crippen LogP contribution < -0.4 is 0 Å². The Labute approximate surface area is 320 Å². The van der Waals surface area contributed by atoms with Gasteiger partial charge < -0.3 is 39.4 Å². The minimum Gasteiger partial charge on any atom is -0.462 e. The Kier molecular flexibility index (Phi) is 31.0. The highest BCUT2D eigenvalue weighted by Crippen LogP contribution is 2.22. The number of rotatable bonds is 32. The average Bonchev–Trinajstić information content (AvgIpc) is 3.15. The van der Waals surface area contributed by atoms with Gasteiger partial charge in [-0.3, -0.25) is 9.59 Å². The molecule has 304 valence electrons. The van der Waals surface area contributed by atoms with Crippen LogP contribution >= 0.6 is 0 Å². The van der Waals surface area contributed by atoms with Crippen molar-refractivity contribution in [1.82, 2.24) is 0 Å². The van der Waals surface area contributed by atoms with Gasteiger partial charge in [0.05, 0.1) is 13.2 Å². The minimum absolute atomic E-state index is 0.196. The third kappa shape index (κ3) is 25.9. The molecular formula is C43H72O10. The summed E-state index contributed by atoms with van der Waals surface area (Å²) in [6.45, 7) is 3.22. The summed E-state index contributed by atoms with van der Waals surface area (Å²) in [4.78, 5) is 25.2. The second-order valence-electron chi connectivity index (χ2n) is 13.7. The number of esters is 2. The molecule has 0 aromatic heterocycles. The van der Waals surface area contributed by atoms with E-state index in [4.69, 9.17) is 18.9 Å². The van der Waals surface area contributed by atoms with Crippen LogP contribution in [0, 0.1) is 0 Å². The smallest absolute Gasteiger partial charge is 0.306 e. The van der Waals surface area contributed by atoms with E-state index in [2.05, 4.69) is 68.5 Å². The molecular weight excluding hydrogens is 676 g/mol. The van der Waals surface area contributed by atoms with E-state index in [1.54, 1.807) is 0 Å². The molecule has 2 unspecified atom stereocenters. The van der Waals surface area contributed by atoms with Gasteiger partial charge in [-0.2, -0.15) is 0 Å². The van der Waals surface area contributed by atoms with Crippen LogP contribution in [-0.4, -0.2) is 89.0 Å². The quantitative estimate of drug-likeness (QED) is 0.0304. The number of carbonyl (C=O) groups excluding carboxylic acids is 2. The number of unbranched alkanes of at least 4 members (excludes halogenated alkanes) is 11. The summed E-state index contributed by atoms with van der Waals surface area (Å²) in [7, 11) is 0. The number of aliphatic hydroxyl groups excluding tert-OH is 4. The van der Waals surface area contributed by atoms with Crippen molar-refractivity contribution in [2.45, 2.75) is 179 Å². The molecule has 1 aliphatic heterocycles. The molecule has 10 heteroatoms. The molecule has 1 fully saturated rings. The highest BCUT2D eigenvalue weighted by molar-refractivity contribution is 5.70. The third-order valence-electron chi connectivity index (χ3n) is 8.92. The van der Waals surface area contributed by atoms with E-state index >= 15 is 0 Å². The summed E-state index contributed by atoms with van der Waals surface area (Å²) < 4.78 is 22.0. The lowest BCUT2D eigenvalue weighted by Crippen LogP contribution is -2.59. The zero-order valence-electron chi connectivity index (χ0n) is 32.7. The number of aliphatic hydroxyl groups is 4. The monoisotopic (exact) mass is 749 g/mol. The molecule has 4 N–H and O–H groups in total. The van der Waals surface area contributed by atoms with Gasteiger partial charge in [0, 0.05) is 12.8 Å². The first-order chi connectivity index (χ1) is 25.8. The van der Waals surface area contributed by atoms with E-state index < -0.39 is 55.4 Å². The molecule has 0 bridgehead atoms. The number of carbonyl (C=O) groups is 2. The topological polar surface area (TPSA) is 152 Å². The zero-order chi connectivity index (χ0) is 38.8. The molecule has 1 rings (SSSR count). The molecule has 10 nitrogen and oxygen atoms in total. The van der Waals surface area contributed by atoms with Gasteiger partial charge in [-0.1, -0.05) is 139 Å². The zero-order valence-corrected chi connectivity index (χ0v) is 32.7. The van der Waals surface area contributed by atoms with E-state index in [0.29, 0.717) is 12.8 Å². The Hall–Kier alpha value is -2.60. The van der Waals surface area contributed by atoms with Crippen molar-refractivity contribution in [2.24, 2.45) is 0 Å². The summed E-state index contributed by atoms with van der Waals surface area (Å²) in [6.07, 6.45) is 32.4. The average molecular weight is 749 g/mol. The Morgan fingerprint density at radius 3 is 1.66 bits per heavy atom. The minimum atomic E-state index is -1.60. The van der Waals surface area contributed by atoms with Crippen LogP contribution in [0.25, 0.3) is 0 Å². The van der Waals surface area contributed by atoms with Gasteiger partial charge in [0.1, 0.15) is 31.0 Å². The van der Waals surface area contributed by atoms with Crippen LogP contribution in [0.3, 0.4) is 0 Å². The Morgan fingerprint density at radius 1 is 0.604 bits per heavy atom. The van der Waals surface area contributed by atoms with Gasteiger partial charge in [0.25, 0.3) is 0 Å². The van der Waals surface area contributed by atoms with E-state index in [9.17, 15) is 30.0 Å². The van der Waals surface area contributed by atoms with Gasteiger partial charge in [0.15, 0.2) is 12.4 Å². The Balaban J connectivity index is 2.42. The summed E-state index contributed by atoms with van der Waals surface area (Å²) in [5, 5.41) is 39.9. The van der Waals surface area contributed by atoms with E-state index in [1.165, 1.54) is 44.9 Å². The predicted molar refractivity (Wildman–Crippen MR) is 210 cm³/mol. The van der Waals surface area contributed by atoms with Crippen LogP contribution in [-0.2, 0) is 28.5 Å². The molecule has 1 saturated heterocycles. The van der Waals surface area contributed by atoms with Crippen LogP contribution in [0.2, 0.25) is 0 Å². The Morgan fingerprint density at radius 2 is 1.11 bits per heavy atom. The number of hydrogen-bond donors (Lipinski definition) is 4. The molecule has 0 saturated carbocycles. The normalized spacial score (nSPS) is 21.5. The summed E-state index contributed by atoms with van der Waals surface area (Å²) in [5.74, 6) is -0.880. The van der Waals surface area contributed by atoms with Crippen molar-refractivity contribution in [1.29, 1.82) is 0 Å². The fourth-order valence-corrected chi connectivity index (χ4v) is 5.69. The third-order valence-corrected chi connectivity index (χ3v) is 8.92. The molecule has 6 atom stereocenters. The highest BCUT2D eigenvalue weighted by Gasteiger charge is 2.44. The summed E-state index contributed by atoms with van der Waals surface area (Å²) >= 11 is 0. The van der Waals surface area contributed by atoms with Crippen LogP contribution in [0.5, 0.6) is 0 Å². The SMILES string of the molecule is CC/C=C/C/C=C/C/C=C/C/C=C/C/C=C/CCCC(=O)OC[C@@H](CO[C@H]1O[C@@H](CO)[C@@H](O)C(O)C1O)OC(=O)CCCCCCCCCCCCC. The molecule has 0 aromatic rings. The second kappa shape index (κ2) is 33.9. The molecule has 0 aromatic carbocycles. The lowest BCUT2D eigenvalue weighted by molar-refractivity contribution is -0.305. The van der Waals surface area contributed by atoms with Crippen molar-refractivity contribution >= 4 is 11.9 Å². The maximum atomic E-state index is 12.7. The van der Waals surface area contributed by atoms with Gasteiger partial charge in [-0.05, 0) is 51.4 Å². The number of hydrogen-bond acceptors (Lipinski definition) is 10. The van der Waals surface area contributed by atoms with Crippen LogP contribution in [0.15, 0.2) is 60.8 Å². The van der Waals surface area contributed by atoms with Gasteiger partial charge in [0.2, 0.25) is 0 Å².